The van der Waals surface area contributed by atoms with E-state index in [-0.39, 0.29) is 5.91 Å². The third-order valence-corrected chi connectivity index (χ3v) is 9.37. The third kappa shape index (κ3) is 4.66. The van der Waals surface area contributed by atoms with E-state index >= 15 is 0 Å². The van der Waals surface area contributed by atoms with Crippen molar-refractivity contribution in [2.75, 3.05) is 31.5 Å². The Morgan fingerprint density at radius 2 is 1.46 bits per heavy atom. The van der Waals surface area contributed by atoms with Crippen molar-refractivity contribution in [1.29, 1.82) is 0 Å². The van der Waals surface area contributed by atoms with Crippen LogP contribution >= 0.6 is 0 Å². The predicted molar refractivity (Wildman–Crippen MR) is 146 cm³/mol. The minimum absolute atomic E-state index is 0.120. The summed E-state index contributed by atoms with van der Waals surface area (Å²) in [6.45, 7) is 2.98. The molecule has 1 aliphatic carbocycles. The number of nitrogens with one attached hydrogen (secondary N) is 1. The maximum Gasteiger partial charge on any atom is 0.255 e. The fraction of sp³-hybridized carbons (Fsp3) is 0.233. The van der Waals surface area contributed by atoms with Gasteiger partial charge < -0.3 is 5.32 Å². The van der Waals surface area contributed by atoms with Gasteiger partial charge in [-0.2, -0.15) is 4.31 Å². The van der Waals surface area contributed by atoms with Gasteiger partial charge in [0.2, 0.25) is 10.0 Å². The molecule has 4 aromatic rings. The number of hydrogen-bond acceptors (Lipinski definition) is 4. The normalized spacial score (nSPS) is 16.2. The number of hydrogen-bond donors (Lipinski definition) is 1. The molecule has 1 aliphatic heterocycles. The van der Waals surface area contributed by atoms with Crippen LogP contribution < -0.4 is 5.32 Å². The maximum atomic E-state index is 13.0. The highest BCUT2D eigenvalue weighted by Gasteiger charge is 2.28. The van der Waals surface area contributed by atoms with Crippen molar-refractivity contribution in [2.24, 2.45) is 0 Å². The molecule has 0 atom stereocenters. The summed E-state index contributed by atoms with van der Waals surface area (Å²) in [6.07, 6.45) is 2.12. The average Bonchev–Trinajstić information content (AvgIpc) is 3.36. The molecule has 0 saturated carbocycles. The van der Waals surface area contributed by atoms with Gasteiger partial charge in [-0.05, 0) is 65.3 Å². The summed E-state index contributed by atoms with van der Waals surface area (Å²) in [5.41, 5.74) is 5.27. The summed E-state index contributed by atoms with van der Waals surface area (Å²) in [5, 5.41) is 5.49. The molecule has 1 fully saturated rings. The molecule has 1 heterocycles. The predicted octanol–water partition coefficient (Wildman–Crippen LogP) is 4.70. The standard InChI is InChI=1S/C30H29N3O3S/c34-30(31-28-16-15-24-14-13-23-5-4-8-27(28)29(23)24)25-11-9-22(10-12-25)21-32-17-19-33(20-18-32)37(35,36)26-6-2-1-3-7-26/h1-12,15-16H,13-14,17-21H2,(H,31,34). The molecule has 0 bridgehead atoms. The van der Waals surface area contributed by atoms with Gasteiger partial charge >= 0.3 is 0 Å². The van der Waals surface area contributed by atoms with Crippen molar-refractivity contribution in [3.8, 4) is 0 Å². The van der Waals surface area contributed by atoms with Crippen LogP contribution in [0, 0.1) is 0 Å². The van der Waals surface area contributed by atoms with Crippen molar-refractivity contribution >= 4 is 32.4 Å². The molecular weight excluding hydrogens is 482 g/mol. The number of carbonyl (C=O) groups is 1. The van der Waals surface area contributed by atoms with Crippen molar-refractivity contribution in [3.63, 3.8) is 0 Å². The number of piperazine rings is 1. The van der Waals surface area contributed by atoms with Gasteiger partial charge in [0.25, 0.3) is 5.91 Å². The summed E-state index contributed by atoms with van der Waals surface area (Å²) in [7, 11) is -3.45. The van der Waals surface area contributed by atoms with Crippen LogP contribution in [-0.2, 0) is 29.4 Å². The lowest BCUT2D eigenvalue weighted by Crippen LogP contribution is -2.48. The Bertz CT molecular complexity index is 1550. The molecular formula is C30H29N3O3S. The number of sulfonamides is 1. The summed E-state index contributed by atoms with van der Waals surface area (Å²) < 4.78 is 27.3. The lowest BCUT2D eigenvalue weighted by molar-refractivity contribution is 0.102. The van der Waals surface area contributed by atoms with Crippen LogP contribution in [0.3, 0.4) is 0 Å². The Labute approximate surface area is 217 Å². The zero-order valence-corrected chi connectivity index (χ0v) is 21.4. The SMILES string of the molecule is O=C(Nc1ccc2c3c(cccc13)CC2)c1ccc(CN2CCN(S(=O)(=O)c3ccccc3)CC2)cc1. The van der Waals surface area contributed by atoms with Crippen LogP contribution in [0.5, 0.6) is 0 Å². The lowest BCUT2D eigenvalue weighted by atomic mass is 10.0. The maximum absolute atomic E-state index is 13.0. The molecule has 0 aromatic heterocycles. The largest absolute Gasteiger partial charge is 0.321 e. The minimum Gasteiger partial charge on any atom is -0.321 e. The van der Waals surface area contributed by atoms with E-state index in [9.17, 15) is 13.2 Å². The minimum atomic E-state index is -3.45. The monoisotopic (exact) mass is 511 g/mol. The van der Waals surface area contributed by atoms with E-state index in [1.165, 1.54) is 16.5 Å². The van der Waals surface area contributed by atoms with E-state index < -0.39 is 10.0 Å². The second-order valence-electron chi connectivity index (χ2n) is 9.76. The molecule has 7 heteroatoms. The fourth-order valence-electron chi connectivity index (χ4n) is 5.44. The van der Waals surface area contributed by atoms with E-state index in [1.54, 1.807) is 28.6 Å². The van der Waals surface area contributed by atoms with Crippen molar-refractivity contribution in [1.82, 2.24) is 9.21 Å². The number of rotatable bonds is 6. The van der Waals surface area contributed by atoms with Gasteiger partial charge in [0.15, 0.2) is 0 Å². The number of benzene rings is 4. The van der Waals surface area contributed by atoms with E-state index in [4.69, 9.17) is 0 Å². The Morgan fingerprint density at radius 3 is 2.19 bits per heavy atom. The highest BCUT2D eigenvalue weighted by Crippen LogP contribution is 2.35. The molecule has 0 spiro atoms. The molecule has 37 heavy (non-hydrogen) atoms. The number of anilines is 1. The van der Waals surface area contributed by atoms with Crippen LogP contribution in [0.2, 0.25) is 0 Å². The second-order valence-corrected chi connectivity index (χ2v) is 11.7. The quantitative estimate of drug-likeness (QED) is 0.408. The first kappa shape index (κ1) is 23.9. The smallest absolute Gasteiger partial charge is 0.255 e. The van der Waals surface area contributed by atoms with Crippen LogP contribution in [0.1, 0.15) is 27.0 Å². The van der Waals surface area contributed by atoms with Gasteiger partial charge in [-0.1, -0.05) is 54.6 Å². The molecule has 1 N–H and O–H groups in total. The number of carbonyl (C=O) groups excluding carboxylic acids is 1. The van der Waals surface area contributed by atoms with Crippen molar-refractivity contribution < 1.29 is 13.2 Å². The number of nitrogens with zero attached hydrogens (tertiary/aromatic N) is 2. The molecule has 0 unspecified atom stereocenters. The van der Waals surface area contributed by atoms with Crippen LogP contribution in [0.25, 0.3) is 10.8 Å². The van der Waals surface area contributed by atoms with Gasteiger partial charge in [0.05, 0.1) is 4.90 Å². The lowest BCUT2D eigenvalue weighted by Gasteiger charge is -2.34. The third-order valence-electron chi connectivity index (χ3n) is 7.46. The molecule has 188 valence electrons. The van der Waals surface area contributed by atoms with E-state index in [0.717, 1.165) is 36.0 Å². The van der Waals surface area contributed by atoms with E-state index in [1.807, 2.05) is 36.4 Å². The van der Waals surface area contributed by atoms with Gasteiger partial charge in [-0.3, -0.25) is 9.69 Å². The Kier molecular flexibility index (Phi) is 6.28. The molecule has 1 amide bonds. The zero-order chi connectivity index (χ0) is 25.4. The molecule has 4 aromatic carbocycles. The molecule has 6 nitrogen and oxygen atoms in total. The Balaban J connectivity index is 1.08. The van der Waals surface area contributed by atoms with Gasteiger partial charge in [0.1, 0.15) is 0 Å². The van der Waals surface area contributed by atoms with Crippen molar-refractivity contribution in [2.45, 2.75) is 24.3 Å². The molecule has 0 radical (unpaired) electrons. The van der Waals surface area contributed by atoms with Gasteiger partial charge in [-0.15, -0.1) is 0 Å². The van der Waals surface area contributed by atoms with E-state index in [0.29, 0.717) is 36.6 Å². The topological polar surface area (TPSA) is 69.7 Å². The average molecular weight is 512 g/mol. The first-order valence-electron chi connectivity index (χ1n) is 12.7. The fourth-order valence-corrected chi connectivity index (χ4v) is 6.88. The first-order chi connectivity index (χ1) is 18.0. The number of aryl methyl sites for hydroxylation is 2. The first-order valence-corrected chi connectivity index (χ1v) is 14.1. The zero-order valence-electron chi connectivity index (χ0n) is 20.6. The van der Waals surface area contributed by atoms with Crippen LogP contribution in [-0.4, -0.2) is 49.7 Å². The highest BCUT2D eigenvalue weighted by atomic mass is 32.2. The second kappa shape index (κ2) is 9.74. The highest BCUT2D eigenvalue weighted by molar-refractivity contribution is 7.89. The van der Waals surface area contributed by atoms with Gasteiger partial charge in [0, 0.05) is 49.4 Å². The molecule has 6 rings (SSSR count). The number of amides is 1. The summed E-state index contributed by atoms with van der Waals surface area (Å²) in [6, 6.07) is 26.7. The summed E-state index contributed by atoms with van der Waals surface area (Å²) in [5.74, 6) is -0.120. The summed E-state index contributed by atoms with van der Waals surface area (Å²) in [4.78, 5) is 15.6. The summed E-state index contributed by atoms with van der Waals surface area (Å²) >= 11 is 0. The Hall–Kier alpha value is -3.52. The Morgan fingerprint density at radius 1 is 0.757 bits per heavy atom. The van der Waals surface area contributed by atoms with Gasteiger partial charge in [-0.25, -0.2) is 8.42 Å². The molecule has 2 aliphatic rings. The van der Waals surface area contributed by atoms with Crippen LogP contribution in [0.4, 0.5) is 5.69 Å². The molecule has 1 saturated heterocycles. The van der Waals surface area contributed by atoms with Crippen molar-refractivity contribution in [3.05, 3.63) is 107 Å². The van der Waals surface area contributed by atoms with Crippen LogP contribution in [0.15, 0.2) is 89.8 Å². The van der Waals surface area contributed by atoms with E-state index in [2.05, 4.69) is 34.5 Å².